The van der Waals surface area contributed by atoms with Crippen LogP contribution in [0, 0.1) is 0 Å². The normalized spacial score (nSPS) is 14.2. The summed E-state index contributed by atoms with van der Waals surface area (Å²) in [4.78, 5) is 22.3. The fraction of sp³-hybridized carbons (Fsp3) is 0.333. The van der Waals surface area contributed by atoms with E-state index in [-0.39, 0.29) is 4.90 Å². The molecule has 1 amide bonds. The number of carboxylic acid groups (broad SMARTS) is 1. The number of aliphatic carboxylic acids is 1. The highest BCUT2D eigenvalue weighted by Crippen LogP contribution is 2.14. The van der Waals surface area contributed by atoms with Crippen LogP contribution < -0.4 is 10.0 Å². The van der Waals surface area contributed by atoms with Crippen LogP contribution in [0.15, 0.2) is 29.2 Å². The van der Waals surface area contributed by atoms with Crippen LogP contribution >= 0.6 is 11.6 Å². The number of amides is 1. The molecule has 0 heterocycles. The largest absolute Gasteiger partial charge is 0.480 e. The smallest absolute Gasteiger partial charge is 0.325 e. The second kappa shape index (κ2) is 6.88. The predicted octanol–water partition coefficient (Wildman–Crippen LogP) is 0.596. The molecular formula is C12H15ClN2O5S. The monoisotopic (exact) mass is 334 g/mol. The third-order valence-corrected chi connectivity index (χ3v) is 4.39. The van der Waals surface area contributed by atoms with E-state index in [1.807, 2.05) is 0 Å². The van der Waals surface area contributed by atoms with Crippen molar-refractivity contribution in [3.05, 3.63) is 29.3 Å². The quantitative estimate of drug-likeness (QED) is 0.705. The maximum Gasteiger partial charge on any atom is 0.325 e. The molecule has 116 valence electrons. The van der Waals surface area contributed by atoms with Gasteiger partial charge in [0.15, 0.2) is 0 Å². The molecule has 7 nitrogen and oxygen atoms in total. The average molecular weight is 335 g/mol. The van der Waals surface area contributed by atoms with Crippen LogP contribution in [-0.2, 0) is 19.6 Å². The zero-order valence-electron chi connectivity index (χ0n) is 11.3. The van der Waals surface area contributed by atoms with Crippen LogP contribution in [0.4, 0.5) is 0 Å². The van der Waals surface area contributed by atoms with Crippen molar-refractivity contribution in [1.29, 1.82) is 0 Å². The summed E-state index contributed by atoms with van der Waals surface area (Å²) in [5, 5.41) is 11.2. The molecule has 1 rings (SSSR count). The van der Waals surface area contributed by atoms with E-state index < -0.39 is 34.0 Å². The molecule has 0 radical (unpaired) electrons. The van der Waals surface area contributed by atoms with Gasteiger partial charge in [-0.2, -0.15) is 4.72 Å². The molecule has 0 aliphatic rings. The zero-order chi connectivity index (χ0) is 16.2. The van der Waals surface area contributed by atoms with E-state index in [4.69, 9.17) is 16.7 Å². The van der Waals surface area contributed by atoms with E-state index in [9.17, 15) is 18.0 Å². The first kappa shape index (κ1) is 17.4. The van der Waals surface area contributed by atoms with Crippen LogP contribution in [0.1, 0.15) is 13.8 Å². The topological polar surface area (TPSA) is 113 Å². The molecule has 0 aliphatic heterocycles. The van der Waals surface area contributed by atoms with Gasteiger partial charge in [-0.1, -0.05) is 11.6 Å². The number of carbonyl (C=O) groups excluding carboxylic acids is 1. The molecule has 2 atom stereocenters. The van der Waals surface area contributed by atoms with Gasteiger partial charge >= 0.3 is 5.97 Å². The Morgan fingerprint density at radius 1 is 1.14 bits per heavy atom. The second-order valence-corrected chi connectivity index (χ2v) is 6.52. The Labute approximate surface area is 127 Å². The van der Waals surface area contributed by atoms with Gasteiger partial charge in [0.25, 0.3) is 0 Å². The van der Waals surface area contributed by atoms with Gasteiger partial charge in [-0.15, -0.1) is 0 Å². The summed E-state index contributed by atoms with van der Waals surface area (Å²) < 4.78 is 26.2. The van der Waals surface area contributed by atoms with Crippen molar-refractivity contribution in [3.63, 3.8) is 0 Å². The third kappa shape index (κ3) is 5.00. The summed E-state index contributed by atoms with van der Waals surface area (Å²) in [5.74, 6) is -1.95. The van der Waals surface area contributed by atoms with Crippen molar-refractivity contribution < 1.29 is 23.1 Å². The molecule has 0 bridgehead atoms. The fourth-order valence-corrected chi connectivity index (χ4v) is 2.70. The van der Waals surface area contributed by atoms with Crippen LogP contribution in [0.3, 0.4) is 0 Å². The highest BCUT2D eigenvalue weighted by molar-refractivity contribution is 7.89. The van der Waals surface area contributed by atoms with Gasteiger partial charge < -0.3 is 10.4 Å². The van der Waals surface area contributed by atoms with Crippen LogP contribution in [0.2, 0.25) is 5.02 Å². The second-order valence-electron chi connectivity index (χ2n) is 4.37. The molecule has 0 fully saturated rings. The number of halogens is 1. The lowest BCUT2D eigenvalue weighted by molar-refractivity contribution is -0.141. The summed E-state index contributed by atoms with van der Waals surface area (Å²) in [6.07, 6.45) is 0. The van der Waals surface area contributed by atoms with E-state index in [0.717, 1.165) is 0 Å². The predicted molar refractivity (Wildman–Crippen MR) is 76.5 cm³/mol. The number of carboxylic acids is 1. The van der Waals surface area contributed by atoms with Crippen molar-refractivity contribution in [2.75, 3.05) is 0 Å². The molecule has 0 spiro atoms. The molecule has 21 heavy (non-hydrogen) atoms. The van der Waals surface area contributed by atoms with Gasteiger partial charge in [-0.25, -0.2) is 8.42 Å². The number of hydrogen-bond acceptors (Lipinski definition) is 4. The van der Waals surface area contributed by atoms with Gasteiger partial charge in [-0.3, -0.25) is 9.59 Å². The van der Waals surface area contributed by atoms with E-state index in [2.05, 4.69) is 10.0 Å². The number of hydrogen-bond donors (Lipinski definition) is 3. The van der Waals surface area contributed by atoms with Crippen molar-refractivity contribution in [1.82, 2.24) is 10.0 Å². The number of benzene rings is 1. The Bertz CT molecular complexity index is 630. The van der Waals surface area contributed by atoms with Crippen LogP contribution in [-0.4, -0.2) is 37.5 Å². The molecule has 1 aromatic carbocycles. The summed E-state index contributed by atoms with van der Waals surface area (Å²) in [7, 11) is -3.89. The summed E-state index contributed by atoms with van der Waals surface area (Å²) >= 11 is 5.67. The Morgan fingerprint density at radius 3 is 2.14 bits per heavy atom. The molecule has 0 saturated carbocycles. The lowest BCUT2D eigenvalue weighted by Crippen LogP contribution is -2.49. The standard InChI is InChI=1S/C12H15ClN2O5S/c1-7(11(16)14-8(2)12(17)18)15-21(19,20)10-5-3-9(13)4-6-10/h3-8,15H,1-2H3,(H,14,16)(H,17,18)/t7?,8-/m1/s1. The summed E-state index contributed by atoms with van der Waals surface area (Å²) in [6, 6.07) is 3.19. The highest BCUT2D eigenvalue weighted by atomic mass is 35.5. The Hall–Kier alpha value is -1.64. The highest BCUT2D eigenvalue weighted by Gasteiger charge is 2.24. The summed E-state index contributed by atoms with van der Waals surface area (Å²) in [5.41, 5.74) is 0. The van der Waals surface area contributed by atoms with Crippen LogP contribution in [0.25, 0.3) is 0 Å². The van der Waals surface area contributed by atoms with Gasteiger partial charge in [0.1, 0.15) is 6.04 Å². The number of nitrogens with one attached hydrogen (secondary N) is 2. The van der Waals surface area contributed by atoms with Crippen molar-refractivity contribution >= 4 is 33.5 Å². The van der Waals surface area contributed by atoms with E-state index in [1.165, 1.54) is 38.1 Å². The van der Waals surface area contributed by atoms with Gasteiger partial charge in [0.05, 0.1) is 10.9 Å². The molecule has 0 aliphatic carbocycles. The molecule has 3 N–H and O–H groups in total. The van der Waals surface area contributed by atoms with Gasteiger partial charge in [0, 0.05) is 5.02 Å². The van der Waals surface area contributed by atoms with Gasteiger partial charge in [-0.05, 0) is 38.1 Å². The first-order valence-electron chi connectivity index (χ1n) is 5.94. The molecular weight excluding hydrogens is 320 g/mol. The van der Waals surface area contributed by atoms with Crippen molar-refractivity contribution in [3.8, 4) is 0 Å². The minimum Gasteiger partial charge on any atom is -0.480 e. The Balaban J connectivity index is 2.77. The Kier molecular flexibility index (Phi) is 5.70. The average Bonchev–Trinajstić information content (AvgIpc) is 2.38. The van der Waals surface area contributed by atoms with Crippen LogP contribution in [0.5, 0.6) is 0 Å². The number of sulfonamides is 1. The lowest BCUT2D eigenvalue weighted by Gasteiger charge is -2.16. The molecule has 9 heteroatoms. The molecule has 0 saturated heterocycles. The molecule has 0 aromatic heterocycles. The lowest BCUT2D eigenvalue weighted by atomic mass is 10.3. The van der Waals surface area contributed by atoms with Crippen molar-refractivity contribution in [2.45, 2.75) is 30.8 Å². The van der Waals surface area contributed by atoms with Crippen molar-refractivity contribution in [2.24, 2.45) is 0 Å². The number of carbonyl (C=O) groups is 2. The Morgan fingerprint density at radius 2 is 1.67 bits per heavy atom. The first-order chi connectivity index (χ1) is 9.63. The third-order valence-electron chi connectivity index (χ3n) is 2.58. The van der Waals surface area contributed by atoms with Gasteiger partial charge in [0.2, 0.25) is 15.9 Å². The van der Waals surface area contributed by atoms with E-state index in [0.29, 0.717) is 5.02 Å². The number of rotatable bonds is 6. The minimum absolute atomic E-state index is 0.0437. The first-order valence-corrected chi connectivity index (χ1v) is 7.80. The zero-order valence-corrected chi connectivity index (χ0v) is 12.9. The maximum absolute atomic E-state index is 12.0. The molecule has 1 aromatic rings. The maximum atomic E-state index is 12.0. The molecule has 1 unspecified atom stereocenters. The SMILES string of the molecule is CC(NS(=O)(=O)c1ccc(Cl)cc1)C(=O)N[C@H](C)C(=O)O. The van der Waals surface area contributed by atoms with E-state index in [1.54, 1.807) is 0 Å². The van der Waals surface area contributed by atoms with E-state index >= 15 is 0 Å². The fourth-order valence-electron chi connectivity index (χ4n) is 1.37. The minimum atomic E-state index is -3.89. The summed E-state index contributed by atoms with van der Waals surface area (Å²) in [6.45, 7) is 2.60.